The first-order valence-electron chi connectivity index (χ1n) is 7.51. The lowest BCUT2D eigenvalue weighted by Gasteiger charge is -2.38. The van der Waals surface area contributed by atoms with Crippen LogP contribution < -0.4 is 10.6 Å². The number of hydrogen-bond donors (Lipinski definition) is 2. The lowest BCUT2D eigenvalue weighted by Crippen LogP contribution is -2.47. The molecule has 5 nitrogen and oxygen atoms in total. The van der Waals surface area contributed by atoms with Crippen LogP contribution >= 0.6 is 0 Å². The van der Waals surface area contributed by atoms with E-state index in [-0.39, 0.29) is 23.4 Å². The molecule has 0 aromatic heterocycles. The molecule has 2 aliphatic rings. The molecule has 0 aromatic carbocycles. The van der Waals surface area contributed by atoms with E-state index in [4.69, 9.17) is 4.74 Å². The third-order valence-electron chi connectivity index (χ3n) is 4.11. The molecule has 1 saturated heterocycles. The number of carbonyl (C=O) groups is 2. The molecule has 1 heterocycles. The zero-order valence-electron chi connectivity index (χ0n) is 12.9. The van der Waals surface area contributed by atoms with Gasteiger partial charge < -0.3 is 15.4 Å². The summed E-state index contributed by atoms with van der Waals surface area (Å²) in [6.07, 6.45) is 4.57. The monoisotopic (exact) mass is 282 g/mol. The molecule has 2 rings (SSSR count). The molecule has 1 unspecified atom stereocenters. The molecule has 20 heavy (non-hydrogen) atoms. The van der Waals surface area contributed by atoms with Gasteiger partial charge >= 0.3 is 6.09 Å². The summed E-state index contributed by atoms with van der Waals surface area (Å²) in [6, 6.07) is -0.0594. The fourth-order valence-electron chi connectivity index (χ4n) is 3.10. The van der Waals surface area contributed by atoms with Gasteiger partial charge in [0.25, 0.3) is 0 Å². The first-order chi connectivity index (χ1) is 9.19. The van der Waals surface area contributed by atoms with Gasteiger partial charge in [0.15, 0.2) is 0 Å². The van der Waals surface area contributed by atoms with Crippen LogP contribution in [-0.2, 0) is 9.53 Å². The van der Waals surface area contributed by atoms with Crippen molar-refractivity contribution in [3.05, 3.63) is 0 Å². The lowest BCUT2D eigenvalue weighted by molar-refractivity contribution is -0.123. The van der Waals surface area contributed by atoms with E-state index in [1.165, 1.54) is 6.42 Å². The number of nitrogens with one attached hydrogen (secondary N) is 2. The Morgan fingerprint density at radius 2 is 2.15 bits per heavy atom. The van der Waals surface area contributed by atoms with Crippen LogP contribution in [-0.4, -0.2) is 29.2 Å². The van der Waals surface area contributed by atoms with E-state index in [2.05, 4.69) is 10.6 Å². The summed E-state index contributed by atoms with van der Waals surface area (Å²) in [5, 5.41) is 5.94. The average Bonchev–Trinajstić information content (AvgIpc) is 2.52. The maximum atomic E-state index is 12.0. The molecule has 2 fully saturated rings. The van der Waals surface area contributed by atoms with Crippen LogP contribution in [0.5, 0.6) is 0 Å². The molecule has 1 spiro atoms. The summed E-state index contributed by atoms with van der Waals surface area (Å²) in [4.78, 5) is 23.7. The molecular weight excluding hydrogens is 256 g/mol. The van der Waals surface area contributed by atoms with E-state index >= 15 is 0 Å². The van der Waals surface area contributed by atoms with E-state index in [1.54, 1.807) is 0 Å². The SMILES string of the molecule is C[C@H](CC1CC2(CCC2)NC1=O)NC(=O)OC(C)(C)C. The molecule has 2 atom stereocenters. The van der Waals surface area contributed by atoms with Crippen molar-refractivity contribution in [2.75, 3.05) is 0 Å². The first kappa shape index (κ1) is 15.1. The highest BCUT2D eigenvalue weighted by Gasteiger charge is 2.47. The zero-order valence-corrected chi connectivity index (χ0v) is 12.9. The van der Waals surface area contributed by atoms with Gasteiger partial charge in [0, 0.05) is 17.5 Å². The van der Waals surface area contributed by atoms with Gasteiger partial charge in [-0.15, -0.1) is 0 Å². The fourth-order valence-corrected chi connectivity index (χ4v) is 3.10. The van der Waals surface area contributed by atoms with Crippen molar-refractivity contribution >= 4 is 12.0 Å². The van der Waals surface area contributed by atoms with Crippen molar-refractivity contribution < 1.29 is 14.3 Å². The van der Waals surface area contributed by atoms with Crippen LogP contribution in [0.25, 0.3) is 0 Å². The van der Waals surface area contributed by atoms with Gasteiger partial charge in [0.05, 0.1) is 0 Å². The normalized spacial score (nSPS) is 25.8. The van der Waals surface area contributed by atoms with Gasteiger partial charge in [-0.2, -0.15) is 0 Å². The minimum absolute atomic E-state index is 0.0141. The summed E-state index contributed by atoms with van der Waals surface area (Å²) < 4.78 is 5.22. The Kier molecular flexibility index (Phi) is 3.98. The number of rotatable bonds is 3. The molecular formula is C15H26N2O3. The highest BCUT2D eigenvalue weighted by atomic mass is 16.6. The third-order valence-corrected chi connectivity index (χ3v) is 4.11. The Balaban J connectivity index is 1.78. The van der Waals surface area contributed by atoms with E-state index in [0.29, 0.717) is 6.42 Å². The molecule has 114 valence electrons. The largest absolute Gasteiger partial charge is 0.444 e. The summed E-state index contributed by atoms with van der Waals surface area (Å²) in [5.41, 5.74) is -0.419. The molecule has 0 aromatic rings. The van der Waals surface area contributed by atoms with Crippen molar-refractivity contribution in [2.45, 2.75) is 77.0 Å². The van der Waals surface area contributed by atoms with Crippen molar-refractivity contribution in [3.63, 3.8) is 0 Å². The van der Waals surface area contributed by atoms with Gasteiger partial charge in [-0.3, -0.25) is 4.79 Å². The van der Waals surface area contributed by atoms with Gasteiger partial charge in [-0.05, 0) is 59.8 Å². The summed E-state index contributed by atoms with van der Waals surface area (Å²) in [5.74, 6) is 0.155. The van der Waals surface area contributed by atoms with Crippen molar-refractivity contribution in [3.8, 4) is 0 Å². The second kappa shape index (κ2) is 5.26. The summed E-state index contributed by atoms with van der Waals surface area (Å²) in [7, 11) is 0. The fraction of sp³-hybridized carbons (Fsp3) is 0.867. The van der Waals surface area contributed by atoms with Crippen LogP contribution in [0.3, 0.4) is 0 Å². The molecule has 1 aliphatic carbocycles. The van der Waals surface area contributed by atoms with Crippen molar-refractivity contribution in [1.29, 1.82) is 0 Å². The highest BCUT2D eigenvalue weighted by molar-refractivity contribution is 5.82. The van der Waals surface area contributed by atoms with Crippen LogP contribution in [0.1, 0.15) is 59.8 Å². The zero-order chi connectivity index (χ0) is 15.0. The Bertz CT molecular complexity index is 396. The minimum atomic E-state index is -0.496. The maximum absolute atomic E-state index is 12.0. The molecule has 0 radical (unpaired) electrons. The summed E-state index contributed by atoms with van der Waals surface area (Å²) >= 11 is 0. The topological polar surface area (TPSA) is 67.4 Å². The number of carbonyl (C=O) groups excluding carboxylic acids is 2. The Labute approximate surface area is 120 Å². The number of amides is 2. The average molecular weight is 282 g/mol. The lowest BCUT2D eigenvalue weighted by atomic mass is 9.74. The van der Waals surface area contributed by atoms with Gasteiger partial charge in [0.1, 0.15) is 5.60 Å². The third kappa shape index (κ3) is 3.64. The Morgan fingerprint density at radius 1 is 1.50 bits per heavy atom. The predicted molar refractivity (Wildman–Crippen MR) is 76.3 cm³/mol. The molecule has 1 aliphatic heterocycles. The number of hydrogen-bond acceptors (Lipinski definition) is 3. The second-order valence-corrected chi connectivity index (χ2v) is 7.31. The minimum Gasteiger partial charge on any atom is -0.444 e. The Morgan fingerprint density at radius 3 is 2.60 bits per heavy atom. The molecule has 0 bridgehead atoms. The molecule has 5 heteroatoms. The highest BCUT2D eigenvalue weighted by Crippen LogP contribution is 2.42. The van der Waals surface area contributed by atoms with E-state index in [9.17, 15) is 9.59 Å². The Hall–Kier alpha value is -1.26. The first-order valence-corrected chi connectivity index (χ1v) is 7.51. The maximum Gasteiger partial charge on any atom is 0.407 e. The van der Waals surface area contributed by atoms with E-state index in [0.717, 1.165) is 19.3 Å². The second-order valence-electron chi connectivity index (χ2n) is 7.31. The molecule has 2 amide bonds. The smallest absolute Gasteiger partial charge is 0.407 e. The molecule has 2 N–H and O–H groups in total. The number of ether oxygens (including phenoxy) is 1. The summed E-state index contributed by atoms with van der Waals surface area (Å²) in [6.45, 7) is 7.43. The van der Waals surface area contributed by atoms with Crippen LogP contribution in [0.15, 0.2) is 0 Å². The molecule has 1 saturated carbocycles. The van der Waals surface area contributed by atoms with E-state index < -0.39 is 11.7 Å². The van der Waals surface area contributed by atoms with E-state index in [1.807, 2.05) is 27.7 Å². The number of alkyl carbamates (subject to hydrolysis) is 1. The van der Waals surface area contributed by atoms with Crippen LogP contribution in [0.4, 0.5) is 4.79 Å². The van der Waals surface area contributed by atoms with Crippen molar-refractivity contribution in [2.24, 2.45) is 5.92 Å². The van der Waals surface area contributed by atoms with Crippen LogP contribution in [0.2, 0.25) is 0 Å². The van der Waals surface area contributed by atoms with Crippen molar-refractivity contribution in [1.82, 2.24) is 10.6 Å². The van der Waals surface area contributed by atoms with Gasteiger partial charge in [-0.25, -0.2) is 4.79 Å². The predicted octanol–water partition coefficient (Wildman–Crippen LogP) is 2.35. The van der Waals surface area contributed by atoms with Gasteiger partial charge in [0.2, 0.25) is 5.91 Å². The van der Waals surface area contributed by atoms with Crippen LogP contribution in [0, 0.1) is 5.92 Å². The quantitative estimate of drug-likeness (QED) is 0.835. The standard InChI is InChI=1S/C15H26N2O3/c1-10(16-13(19)20-14(2,3)4)8-11-9-15(6-5-7-15)17-12(11)18/h10-11H,5-9H2,1-4H3,(H,16,19)(H,17,18)/t10-,11?/m1/s1. The van der Waals surface area contributed by atoms with Gasteiger partial charge in [-0.1, -0.05) is 0 Å².